The summed E-state index contributed by atoms with van der Waals surface area (Å²) in [7, 11) is 0. The Morgan fingerprint density at radius 1 is 1.08 bits per heavy atom. The molecule has 0 aliphatic rings. The largest absolute Gasteiger partial charge is 0.465 e. The van der Waals surface area contributed by atoms with Crippen molar-refractivity contribution in [1.29, 1.82) is 0 Å². The smallest absolute Gasteiger partial charge is 0.416 e. The van der Waals surface area contributed by atoms with Crippen LogP contribution in [-0.2, 0) is 11.0 Å². The molecule has 0 saturated carbocycles. The number of carboxylic acid groups (broad SMARTS) is 1. The number of nitrogens with one attached hydrogen (secondary N) is 3. The van der Waals surface area contributed by atoms with Crippen LogP contribution in [-0.4, -0.2) is 38.3 Å². The number of anilines is 1. The van der Waals surface area contributed by atoms with Crippen LogP contribution in [0.25, 0.3) is 22.2 Å². The highest BCUT2D eigenvalue weighted by Gasteiger charge is 2.40. The van der Waals surface area contributed by atoms with Gasteiger partial charge in [-0.15, -0.1) is 0 Å². The van der Waals surface area contributed by atoms with Gasteiger partial charge in [0.2, 0.25) is 0 Å². The molecule has 9 nitrogen and oxygen atoms in total. The molecular weight excluding hydrogens is 503 g/mol. The molecule has 4 aromatic rings. The van der Waals surface area contributed by atoms with Crippen molar-refractivity contribution in [3.63, 3.8) is 0 Å². The van der Waals surface area contributed by atoms with Gasteiger partial charge < -0.3 is 14.8 Å². The molecule has 0 aliphatic carbocycles. The molecule has 2 aromatic heterocycles. The van der Waals surface area contributed by atoms with Crippen molar-refractivity contribution < 1.29 is 32.3 Å². The van der Waals surface area contributed by atoms with E-state index >= 15 is 0 Å². The maximum absolute atomic E-state index is 13.3. The minimum absolute atomic E-state index is 0.161. The Balaban J connectivity index is 1.62. The van der Waals surface area contributed by atoms with Crippen molar-refractivity contribution >= 4 is 28.9 Å². The van der Waals surface area contributed by atoms with Gasteiger partial charge in [0.25, 0.3) is 5.91 Å². The van der Waals surface area contributed by atoms with Crippen LogP contribution in [0.5, 0.6) is 0 Å². The Labute approximate surface area is 215 Å². The summed E-state index contributed by atoms with van der Waals surface area (Å²) in [6, 6.07) is 8.26. The predicted octanol–water partition coefficient (Wildman–Crippen LogP) is 5.95. The first-order valence-electron chi connectivity index (χ1n) is 11.6. The zero-order valence-electron chi connectivity index (χ0n) is 21.0. The molecule has 2 amide bonds. The highest BCUT2D eigenvalue weighted by atomic mass is 19.4. The van der Waals surface area contributed by atoms with Gasteiger partial charge in [-0.1, -0.05) is 32.9 Å². The van der Waals surface area contributed by atoms with E-state index < -0.39 is 41.1 Å². The summed E-state index contributed by atoms with van der Waals surface area (Å²) in [6.45, 7) is 7.13. The van der Waals surface area contributed by atoms with E-state index in [1.165, 1.54) is 18.3 Å². The predicted molar refractivity (Wildman–Crippen MR) is 134 cm³/mol. The maximum atomic E-state index is 13.3. The van der Waals surface area contributed by atoms with Crippen LogP contribution in [0, 0.1) is 12.3 Å². The molecule has 0 fully saturated rings. The first-order chi connectivity index (χ1) is 17.7. The van der Waals surface area contributed by atoms with Crippen LogP contribution in [0.1, 0.15) is 43.5 Å². The molecule has 0 spiro atoms. The van der Waals surface area contributed by atoms with E-state index in [0.717, 1.165) is 28.7 Å². The number of aromatic amines is 1. The van der Waals surface area contributed by atoms with Crippen LogP contribution in [0.4, 0.5) is 24.0 Å². The van der Waals surface area contributed by atoms with E-state index in [4.69, 9.17) is 4.42 Å². The number of fused-ring (bicyclic) bond motifs is 1. The third kappa shape index (κ3) is 5.63. The molecule has 0 aliphatic heterocycles. The number of aromatic nitrogens is 3. The third-order valence-corrected chi connectivity index (χ3v) is 6.20. The van der Waals surface area contributed by atoms with Crippen LogP contribution < -0.4 is 10.6 Å². The van der Waals surface area contributed by atoms with Gasteiger partial charge in [0.05, 0.1) is 23.0 Å². The number of benzene rings is 2. The number of nitrogens with zero attached hydrogens (tertiary/aromatic N) is 2. The number of halogens is 3. The third-order valence-electron chi connectivity index (χ3n) is 6.20. The molecule has 0 radical (unpaired) electrons. The van der Waals surface area contributed by atoms with Gasteiger partial charge in [-0.05, 0) is 48.2 Å². The fourth-order valence-corrected chi connectivity index (χ4v) is 4.45. The first-order valence-corrected chi connectivity index (χ1v) is 11.6. The molecule has 12 heteroatoms. The minimum atomic E-state index is -4.53. The number of rotatable bonds is 6. The van der Waals surface area contributed by atoms with E-state index in [9.17, 15) is 27.9 Å². The van der Waals surface area contributed by atoms with Crippen LogP contribution in [0.3, 0.4) is 0 Å². The normalized spacial score (nSPS) is 13.8. The summed E-state index contributed by atoms with van der Waals surface area (Å²) in [6.07, 6.45) is -4.58. The van der Waals surface area contributed by atoms with Gasteiger partial charge in [-0.2, -0.15) is 18.3 Å². The number of hydrogen-bond donors (Lipinski definition) is 4. The Hall–Kier alpha value is -4.35. The van der Waals surface area contributed by atoms with E-state index in [2.05, 4.69) is 25.8 Å². The molecular formula is C26H26F3N5O4. The number of H-pyrrole nitrogens is 1. The lowest BCUT2D eigenvalue weighted by atomic mass is 9.72. The van der Waals surface area contributed by atoms with Crippen molar-refractivity contribution in [2.45, 2.75) is 45.8 Å². The fraction of sp³-hybridized carbons (Fsp3) is 0.308. The molecule has 38 heavy (non-hydrogen) atoms. The molecule has 0 bridgehead atoms. The van der Waals surface area contributed by atoms with E-state index in [1.54, 1.807) is 26.8 Å². The fourth-order valence-electron chi connectivity index (χ4n) is 4.45. The Kier molecular flexibility index (Phi) is 6.92. The SMILES string of the molecule is Cc1n[nH]c2ccc(-c3cnc(NC(=O)C(NC(=O)O)[C@H](c4ccc(C(F)(F)F)cc4)C(C)(C)C)o3)cc12. The molecule has 2 heterocycles. The molecule has 4 N–H and O–H groups in total. The molecule has 2 atom stereocenters. The number of amides is 2. The maximum Gasteiger partial charge on any atom is 0.416 e. The summed E-state index contributed by atoms with van der Waals surface area (Å²) in [5, 5.41) is 22.1. The summed E-state index contributed by atoms with van der Waals surface area (Å²) in [4.78, 5) is 29.1. The summed E-state index contributed by atoms with van der Waals surface area (Å²) >= 11 is 0. The molecule has 0 saturated heterocycles. The summed E-state index contributed by atoms with van der Waals surface area (Å²) in [5.41, 5.74) is 1.11. The summed E-state index contributed by atoms with van der Waals surface area (Å²) in [5.74, 6) is -1.25. The van der Waals surface area contributed by atoms with Crippen molar-refractivity contribution in [3.8, 4) is 11.3 Å². The van der Waals surface area contributed by atoms with Gasteiger partial charge in [0.1, 0.15) is 6.04 Å². The second-order valence-electron chi connectivity index (χ2n) is 9.98. The first kappa shape index (κ1) is 26.7. The Morgan fingerprint density at radius 2 is 1.76 bits per heavy atom. The second kappa shape index (κ2) is 9.84. The van der Waals surface area contributed by atoms with Crippen molar-refractivity contribution in [2.24, 2.45) is 5.41 Å². The van der Waals surface area contributed by atoms with Crippen molar-refractivity contribution in [1.82, 2.24) is 20.5 Å². The molecule has 2 aromatic carbocycles. The van der Waals surface area contributed by atoms with Crippen LogP contribution >= 0.6 is 0 Å². The lowest BCUT2D eigenvalue weighted by Crippen LogP contribution is -2.50. The molecule has 1 unspecified atom stereocenters. The van der Waals surface area contributed by atoms with Gasteiger partial charge in [-0.3, -0.25) is 15.2 Å². The molecule has 4 rings (SSSR count). The Morgan fingerprint density at radius 3 is 2.37 bits per heavy atom. The molecule has 200 valence electrons. The number of carbonyl (C=O) groups excluding carboxylic acids is 1. The van der Waals surface area contributed by atoms with Gasteiger partial charge >= 0.3 is 18.3 Å². The van der Waals surface area contributed by atoms with Gasteiger partial charge in [0.15, 0.2) is 5.76 Å². The Bertz CT molecular complexity index is 1470. The van der Waals surface area contributed by atoms with Crippen LogP contribution in [0.2, 0.25) is 0 Å². The lowest BCUT2D eigenvalue weighted by molar-refractivity contribution is -0.137. The monoisotopic (exact) mass is 529 g/mol. The highest BCUT2D eigenvalue weighted by molar-refractivity contribution is 5.96. The van der Waals surface area contributed by atoms with Crippen molar-refractivity contribution in [3.05, 3.63) is 65.5 Å². The minimum Gasteiger partial charge on any atom is -0.465 e. The zero-order valence-corrected chi connectivity index (χ0v) is 21.0. The quantitative estimate of drug-likeness (QED) is 0.244. The average molecular weight is 530 g/mol. The van der Waals surface area contributed by atoms with E-state index in [-0.39, 0.29) is 6.01 Å². The second-order valence-corrected chi connectivity index (χ2v) is 9.98. The summed E-state index contributed by atoms with van der Waals surface area (Å²) < 4.78 is 45.0. The number of aryl methyl sites for hydroxylation is 1. The number of oxazole rings is 1. The topological polar surface area (TPSA) is 133 Å². The number of alkyl halides is 3. The highest BCUT2D eigenvalue weighted by Crippen LogP contribution is 2.40. The standard InChI is InChI=1S/C26H26F3N5O4/c1-13-17-11-15(7-10-18(17)34-33-13)19-12-30-23(38-19)32-22(35)21(31-24(36)37)20(25(2,3)4)14-5-8-16(9-6-14)26(27,28)29/h5-12,20-21,31H,1-4H3,(H,33,34)(H,36,37)(H,30,32,35)/t20-,21?/m0/s1. The van der Waals surface area contributed by atoms with Gasteiger partial charge in [0, 0.05) is 16.9 Å². The van der Waals surface area contributed by atoms with E-state index in [1.807, 2.05) is 19.1 Å². The lowest BCUT2D eigenvalue weighted by Gasteiger charge is -2.36. The zero-order chi connectivity index (χ0) is 27.8. The average Bonchev–Trinajstić information content (AvgIpc) is 3.43. The number of hydrogen-bond acceptors (Lipinski definition) is 5. The number of carbonyl (C=O) groups is 2. The van der Waals surface area contributed by atoms with Crippen LogP contribution in [0.15, 0.2) is 53.1 Å². The van der Waals surface area contributed by atoms with E-state index in [0.29, 0.717) is 16.9 Å². The van der Waals surface area contributed by atoms with Gasteiger partial charge in [-0.25, -0.2) is 9.78 Å². The van der Waals surface area contributed by atoms with Crippen molar-refractivity contribution in [2.75, 3.05) is 5.32 Å².